The van der Waals surface area contributed by atoms with Crippen LogP contribution in [0.4, 0.5) is 20.4 Å². The second-order valence-corrected chi connectivity index (χ2v) is 16.7. The Morgan fingerprint density at radius 3 is 1.69 bits per heavy atom. The lowest BCUT2D eigenvalue weighted by Gasteiger charge is -2.13. The normalized spacial score (nSPS) is 12.4. The van der Waals surface area contributed by atoms with Gasteiger partial charge in [-0.05, 0) is 71.7 Å². The van der Waals surface area contributed by atoms with Gasteiger partial charge in [0.2, 0.25) is 5.28 Å². The van der Waals surface area contributed by atoms with Crippen molar-refractivity contribution in [2.75, 3.05) is 23.7 Å². The third-order valence-corrected chi connectivity index (χ3v) is 11.3. The van der Waals surface area contributed by atoms with Crippen molar-refractivity contribution >= 4 is 69.0 Å². The Morgan fingerprint density at radius 1 is 0.672 bits per heavy atom. The van der Waals surface area contributed by atoms with E-state index >= 15 is 0 Å². The maximum absolute atomic E-state index is 13.8. The van der Waals surface area contributed by atoms with Crippen LogP contribution in [-0.4, -0.2) is 81.6 Å². The molecule has 2 aliphatic rings. The van der Waals surface area contributed by atoms with Crippen LogP contribution >= 0.6 is 11.6 Å². The van der Waals surface area contributed by atoms with E-state index in [0.717, 1.165) is 82.7 Å². The summed E-state index contributed by atoms with van der Waals surface area (Å²) in [6, 6.07) is 19.0. The molecule has 344 valence electrons. The number of halogens is 4. The zero-order valence-electron chi connectivity index (χ0n) is 37.2. The Balaban J connectivity index is 0.000000166. The Kier molecular flexibility index (Phi) is 16.0. The molecule has 0 spiro atoms. The van der Waals surface area contributed by atoms with E-state index in [4.69, 9.17) is 36.6 Å². The number of nitrogens with zero attached hydrogens (tertiary/aromatic N) is 8. The van der Waals surface area contributed by atoms with E-state index in [-0.39, 0.29) is 40.6 Å². The SMILES string of the molecule is CC(C)C1=NCc2c(NCCc3c[nH]c4ccccc34)nc(-c3cncc(F)c3)nc21.CC(C)C1=NCc2c(NCCc3c[nH]c4ccccc34)nc(Cl)nc21.OB(O)c1cncc(F)c1.[I-]. The first-order valence-electron chi connectivity index (χ1n) is 21.7. The van der Waals surface area contributed by atoms with E-state index in [1.807, 2.05) is 12.1 Å². The lowest BCUT2D eigenvalue weighted by molar-refractivity contribution is -0.0000175. The molecule has 0 unspecified atom stereocenters. The van der Waals surface area contributed by atoms with Crippen molar-refractivity contribution in [3.8, 4) is 11.4 Å². The molecule has 10 rings (SSSR count). The minimum atomic E-state index is -1.65. The molecule has 2 aromatic carbocycles. The van der Waals surface area contributed by atoms with Crippen LogP contribution in [0.15, 0.2) is 108 Å². The first-order valence-corrected chi connectivity index (χ1v) is 22.0. The molecule has 0 amide bonds. The summed E-state index contributed by atoms with van der Waals surface area (Å²) in [5.41, 5.74) is 11.2. The quantitative estimate of drug-likeness (QED) is 0.0557. The van der Waals surface area contributed by atoms with Crippen LogP contribution in [-0.2, 0) is 25.9 Å². The number of pyridine rings is 2. The van der Waals surface area contributed by atoms with E-state index in [2.05, 4.69) is 122 Å². The van der Waals surface area contributed by atoms with Crippen molar-refractivity contribution < 1.29 is 42.8 Å². The molecule has 14 nitrogen and oxygen atoms in total. The lowest BCUT2D eigenvalue weighted by atomic mass is 9.82. The second kappa shape index (κ2) is 22.1. The van der Waals surface area contributed by atoms with E-state index in [0.29, 0.717) is 36.9 Å². The Bertz CT molecular complexity index is 3070. The van der Waals surface area contributed by atoms with Gasteiger partial charge in [0.25, 0.3) is 0 Å². The van der Waals surface area contributed by atoms with E-state index in [9.17, 15) is 8.78 Å². The number of aliphatic imine (C=N–C) groups is 2. The first-order chi connectivity index (χ1) is 31.9. The third-order valence-electron chi connectivity index (χ3n) is 11.1. The van der Waals surface area contributed by atoms with E-state index in [1.54, 1.807) is 6.20 Å². The van der Waals surface area contributed by atoms with Crippen molar-refractivity contribution in [2.45, 2.75) is 53.6 Å². The van der Waals surface area contributed by atoms with Gasteiger partial charge in [-0.2, -0.15) is 0 Å². The van der Waals surface area contributed by atoms with Crippen molar-refractivity contribution in [3.05, 3.63) is 148 Å². The fourth-order valence-corrected chi connectivity index (χ4v) is 8.06. The van der Waals surface area contributed by atoms with Crippen LogP contribution in [0.3, 0.4) is 0 Å². The second-order valence-electron chi connectivity index (χ2n) is 16.4. The average molecular weight is 1040 g/mol. The number of benzene rings is 2. The number of H-pyrrole nitrogens is 2. The highest BCUT2D eigenvalue weighted by atomic mass is 127. The Morgan fingerprint density at radius 2 is 1.18 bits per heavy atom. The average Bonchev–Trinajstić information content (AvgIpc) is 4.12. The Hall–Kier alpha value is -6.22. The monoisotopic (exact) mass is 1040 g/mol. The summed E-state index contributed by atoms with van der Waals surface area (Å²) in [5, 5.41) is 26.7. The maximum atomic E-state index is 13.8. The summed E-state index contributed by atoms with van der Waals surface area (Å²) in [6.07, 6.45) is 10.8. The standard InChI is InChI=1S/C24H23FN6.C19H20ClN5.C5H5BFNO2.HI/c1-14(2)21-22-19(13-29-21)24(31-23(30-22)16-9-17(25)12-26-10-16)27-8-7-15-11-28-20-6-4-3-5-18(15)20;1-11(2)16-17-14(10-23-16)18(25-19(20)24-17)21-8-7-12-9-22-15-6-4-3-5-13(12)15;7-5-1-4(6(9)10)2-8-3-5;/h3-6,9-12,14,28H,7-8,13H2,1-2H3,(H,27,30,31);3-6,9,11,22H,7-8,10H2,1-2H3,(H,21,24,25);1-3,9-10H;1H/p-1. The van der Waals surface area contributed by atoms with Crippen molar-refractivity contribution in [2.24, 2.45) is 21.8 Å². The number of hydrogen-bond donors (Lipinski definition) is 6. The van der Waals surface area contributed by atoms with Gasteiger partial charge < -0.3 is 54.6 Å². The summed E-state index contributed by atoms with van der Waals surface area (Å²) in [5.74, 6) is 1.59. The van der Waals surface area contributed by atoms with Gasteiger partial charge in [0.15, 0.2) is 5.82 Å². The zero-order valence-corrected chi connectivity index (χ0v) is 40.1. The molecule has 19 heteroatoms. The highest BCUT2D eigenvalue weighted by molar-refractivity contribution is 6.58. The predicted octanol–water partition coefficient (Wildman–Crippen LogP) is 4.90. The molecule has 6 aromatic heterocycles. The summed E-state index contributed by atoms with van der Waals surface area (Å²) in [7, 11) is -1.65. The number of aromatic amines is 2. The number of para-hydroxylation sites is 2. The number of hydrogen-bond acceptors (Lipinski definition) is 12. The molecule has 6 N–H and O–H groups in total. The predicted molar refractivity (Wildman–Crippen MR) is 257 cm³/mol. The molecular weight excluding hydrogens is 988 g/mol. The number of aromatic nitrogens is 8. The first kappa shape index (κ1) is 48.7. The molecule has 8 heterocycles. The van der Waals surface area contributed by atoms with Gasteiger partial charge in [-0.25, -0.2) is 28.7 Å². The van der Waals surface area contributed by atoms with Crippen LogP contribution in [0, 0.1) is 23.5 Å². The minimum Gasteiger partial charge on any atom is -1.00 e. The molecule has 0 saturated carbocycles. The topological polar surface area (TPSA) is 198 Å². The number of nitrogens with one attached hydrogen (secondary N) is 4. The van der Waals surface area contributed by atoms with Crippen LogP contribution in [0.1, 0.15) is 61.3 Å². The van der Waals surface area contributed by atoms with Crippen LogP contribution in [0.25, 0.3) is 33.2 Å². The summed E-state index contributed by atoms with van der Waals surface area (Å²) in [6.45, 7) is 11.1. The lowest BCUT2D eigenvalue weighted by Crippen LogP contribution is -3.00. The van der Waals surface area contributed by atoms with Gasteiger partial charge in [-0.3, -0.25) is 20.0 Å². The van der Waals surface area contributed by atoms with E-state index in [1.165, 1.54) is 45.9 Å². The maximum Gasteiger partial charge on any atom is 0.490 e. The molecule has 0 bridgehead atoms. The molecular formula is C48H48BClF2IN12O2-. The molecule has 67 heavy (non-hydrogen) atoms. The molecule has 2 aliphatic heterocycles. The molecule has 0 saturated heterocycles. The Labute approximate surface area is 408 Å². The number of rotatable bonds is 12. The van der Waals surface area contributed by atoms with Gasteiger partial charge in [-0.1, -0.05) is 64.1 Å². The molecule has 0 aliphatic carbocycles. The zero-order chi connectivity index (χ0) is 46.3. The van der Waals surface area contributed by atoms with Gasteiger partial charge >= 0.3 is 7.12 Å². The van der Waals surface area contributed by atoms with Gasteiger partial charge in [0, 0.05) is 81.8 Å². The molecule has 8 aromatic rings. The summed E-state index contributed by atoms with van der Waals surface area (Å²) < 4.78 is 26.0. The molecule has 0 atom stereocenters. The fourth-order valence-electron chi connectivity index (χ4n) is 7.89. The summed E-state index contributed by atoms with van der Waals surface area (Å²) in [4.78, 5) is 41.5. The van der Waals surface area contributed by atoms with E-state index < -0.39 is 18.8 Å². The third kappa shape index (κ3) is 11.5. The van der Waals surface area contributed by atoms with Crippen LogP contribution < -0.4 is 40.1 Å². The highest BCUT2D eigenvalue weighted by Gasteiger charge is 2.27. The molecule has 0 fully saturated rings. The van der Waals surface area contributed by atoms with Crippen molar-refractivity contribution in [1.82, 2.24) is 39.9 Å². The van der Waals surface area contributed by atoms with Crippen LogP contribution in [0.5, 0.6) is 0 Å². The fraction of sp³-hybridized carbons (Fsp3) is 0.250. The molecule has 0 radical (unpaired) electrons. The highest BCUT2D eigenvalue weighted by Crippen LogP contribution is 2.31. The van der Waals surface area contributed by atoms with Gasteiger partial charge in [0.05, 0.1) is 48.3 Å². The van der Waals surface area contributed by atoms with Gasteiger partial charge in [0.1, 0.15) is 23.3 Å². The van der Waals surface area contributed by atoms with Gasteiger partial charge in [-0.15, -0.1) is 0 Å². The number of anilines is 2. The largest absolute Gasteiger partial charge is 1.00 e. The minimum absolute atomic E-state index is 0. The van der Waals surface area contributed by atoms with Crippen molar-refractivity contribution in [3.63, 3.8) is 0 Å². The van der Waals surface area contributed by atoms with Crippen molar-refractivity contribution in [1.29, 1.82) is 0 Å². The number of fused-ring (bicyclic) bond motifs is 4. The van der Waals surface area contributed by atoms with Crippen LogP contribution in [0.2, 0.25) is 5.28 Å². The smallest absolute Gasteiger partial charge is 0.490 e. The summed E-state index contributed by atoms with van der Waals surface area (Å²) >= 11 is 6.13.